The molecule has 0 bridgehead atoms. The monoisotopic (exact) mass is 742 g/mol. The van der Waals surface area contributed by atoms with Gasteiger partial charge in [-0.2, -0.15) is 8.42 Å². The molecule has 13 heteroatoms. The molecule has 1 fully saturated rings. The van der Waals surface area contributed by atoms with Crippen molar-refractivity contribution < 1.29 is 37.0 Å². The van der Waals surface area contributed by atoms with Gasteiger partial charge in [0.2, 0.25) is 5.91 Å². The van der Waals surface area contributed by atoms with Gasteiger partial charge >= 0.3 is 6.09 Å². The van der Waals surface area contributed by atoms with E-state index in [0.29, 0.717) is 56.3 Å². The van der Waals surface area contributed by atoms with Crippen LogP contribution in [0.2, 0.25) is 0 Å². The number of nitrogens with zero attached hydrogens (tertiary/aromatic N) is 2. The number of carbonyl (C=O) groups is 3. The Morgan fingerprint density at radius 2 is 1.67 bits per heavy atom. The number of hydrogen-bond donors (Lipinski definition) is 2. The van der Waals surface area contributed by atoms with E-state index in [-0.39, 0.29) is 41.9 Å². The number of benzene rings is 2. The van der Waals surface area contributed by atoms with Crippen LogP contribution in [0.3, 0.4) is 0 Å². The maximum Gasteiger partial charge on any atom is 0.410 e. The first kappa shape index (κ1) is 42.4. The van der Waals surface area contributed by atoms with Crippen molar-refractivity contribution in [3.8, 4) is 5.75 Å². The molecule has 0 saturated carbocycles. The standard InChI is InChI=1S/C35H50N4O7S.C4H8O/c1-8-39(34(42)45-22-27-15-10-9-11-16-27)20-14-18-30(41)29(37-26(5)40)17-12-13-19-31(36)38-47(43,44)33-24(3)23(2)32-28(25(33)4)21-35(6,7)46-32;1-2-4-5-3-1/h9-11,15-16,29H,8,12-14,17-22H2,1-7H3,(H2,36,38)(H,37,40);1-4H2/t29-;/m0./s1. The number of Topliss-reactive ketones (excluding diaryl/α,β-unsaturated/α-hetero) is 1. The summed E-state index contributed by atoms with van der Waals surface area (Å²) in [5, 5.41) is 2.72. The maximum atomic E-state index is 13.4. The smallest absolute Gasteiger partial charge is 0.410 e. The summed E-state index contributed by atoms with van der Waals surface area (Å²) in [5.74, 6) is 0.274. The zero-order valence-electron chi connectivity index (χ0n) is 32.0. The second kappa shape index (κ2) is 19.8. The highest BCUT2D eigenvalue weighted by Crippen LogP contribution is 2.44. The van der Waals surface area contributed by atoms with E-state index >= 15 is 0 Å². The zero-order chi connectivity index (χ0) is 38.5. The van der Waals surface area contributed by atoms with E-state index in [9.17, 15) is 22.8 Å². The lowest BCUT2D eigenvalue weighted by Gasteiger charge is -2.21. The fraction of sp³-hybridized carbons (Fsp3) is 0.590. The first-order chi connectivity index (χ1) is 24.6. The molecule has 2 heterocycles. The summed E-state index contributed by atoms with van der Waals surface area (Å²) in [6.07, 6.45) is 4.89. The number of rotatable bonds is 16. The molecule has 0 radical (unpaired) electrons. The quantitative estimate of drug-likeness (QED) is 0.115. The number of ether oxygens (including phenoxy) is 3. The summed E-state index contributed by atoms with van der Waals surface area (Å²) in [6, 6.07) is 8.70. The van der Waals surface area contributed by atoms with Gasteiger partial charge in [-0.15, -0.1) is 4.40 Å². The van der Waals surface area contributed by atoms with Crippen LogP contribution in [0, 0.1) is 20.8 Å². The highest BCUT2D eigenvalue weighted by Gasteiger charge is 2.36. The number of ketones is 1. The number of fused-ring (bicyclic) bond motifs is 1. The van der Waals surface area contributed by atoms with Crippen molar-refractivity contribution in [3.63, 3.8) is 0 Å². The third kappa shape index (κ3) is 12.6. The van der Waals surface area contributed by atoms with Crippen LogP contribution in [0.15, 0.2) is 39.6 Å². The Kier molecular flexibility index (Phi) is 16.1. The van der Waals surface area contributed by atoms with Gasteiger partial charge < -0.3 is 30.2 Å². The summed E-state index contributed by atoms with van der Waals surface area (Å²) in [4.78, 5) is 39.1. The molecule has 0 unspecified atom stereocenters. The van der Waals surface area contributed by atoms with Crippen LogP contribution < -0.4 is 15.8 Å². The first-order valence-corrected chi connectivity index (χ1v) is 19.7. The van der Waals surface area contributed by atoms with Crippen LogP contribution in [-0.4, -0.2) is 74.9 Å². The molecule has 4 rings (SSSR count). The Hall–Kier alpha value is -3.97. The van der Waals surface area contributed by atoms with Gasteiger partial charge in [-0.25, -0.2) is 4.79 Å². The summed E-state index contributed by atoms with van der Waals surface area (Å²) < 4.78 is 47.3. The second-order valence-electron chi connectivity index (χ2n) is 14.1. The van der Waals surface area contributed by atoms with Crippen molar-refractivity contribution in [2.24, 2.45) is 10.1 Å². The number of nitrogens with one attached hydrogen (secondary N) is 1. The lowest BCUT2D eigenvalue weighted by atomic mass is 9.94. The van der Waals surface area contributed by atoms with E-state index in [1.165, 1.54) is 19.8 Å². The Morgan fingerprint density at radius 3 is 2.27 bits per heavy atom. The van der Waals surface area contributed by atoms with E-state index < -0.39 is 27.8 Å². The van der Waals surface area contributed by atoms with Gasteiger partial charge in [-0.3, -0.25) is 9.59 Å². The minimum absolute atomic E-state index is 0.0141. The molecule has 3 N–H and O–H groups in total. The third-order valence-corrected chi connectivity index (χ3v) is 10.9. The van der Waals surface area contributed by atoms with Crippen LogP contribution in [-0.2, 0) is 42.1 Å². The molecule has 2 aromatic rings. The molecular formula is C39H58N4O8S. The lowest BCUT2D eigenvalue weighted by molar-refractivity contribution is -0.127. The number of amidine groups is 1. The molecule has 0 spiro atoms. The highest BCUT2D eigenvalue weighted by atomic mass is 32.2. The SMILES string of the molecule is C1CCOC1.CCN(CCCC(=O)[C@H](CCCCC(N)=NS(=O)(=O)c1c(C)c(C)c2c(c1C)CC(C)(C)O2)NC(C)=O)C(=O)OCc1ccccc1. The molecule has 52 heavy (non-hydrogen) atoms. The van der Waals surface area contributed by atoms with E-state index in [4.69, 9.17) is 19.9 Å². The molecule has 2 aromatic carbocycles. The van der Waals surface area contributed by atoms with Crippen LogP contribution >= 0.6 is 0 Å². The second-order valence-corrected chi connectivity index (χ2v) is 15.7. The van der Waals surface area contributed by atoms with Gasteiger partial charge in [0.25, 0.3) is 10.0 Å². The van der Waals surface area contributed by atoms with E-state index in [1.54, 1.807) is 18.7 Å². The number of amides is 2. The highest BCUT2D eigenvalue weighted by molar-refractivity contribution is 7.90. The van der Waals surface area contributed by atoms with E-state index in [1.807, 2.05) is 58.0 Å². The predicted molar refractivity (Wildman–Crippen MR) is 202 cm³/mol. The maximum absolute atomic E-state index is 13.4. The van der Waals surface area contributed by atoms with Crippen molar-refractivity contribution in [1.29, 1.82) is 0 Å². The summed E-state index contributed by atoms with van der Waals surface area (Å²) in [6.45, 7) is 15.5. The molecule has 2 amide bonds. The van der Waals surface area contributed by atoms with E-state index in [2.05, 4.69) is 9.71 Å². The predicted octanol–water partition coefficient (Wildman–Crippen LogP) is 6.24. The van der Waals surface area contributed by atoms with E-state index in [0.717, 1.165) is 35.7 Å². The molecule has 12 nitrogen and oxygen atoms in total. The van der Waals surface area contributed by atoms with Gasteiger partial charge in [0, 0.05) is 58.1 Å². The minimum Gasteiger partial charge on any atom is -0.487 e. The summed E-state index contributed by atoms with van der Waals surface area (Å²) in [7, 11) is -4.07. The number of carbonyl (C=O) groups excluding carboxylic acids is 3. The van der Waals surface area contributed by atoms with Crippen molar-refractivity contribution >= 4 is 33.6 Å². The summed E-state index contributed by atoms with van der Waals surface area (Å²) >= 11 is 0. The molecule has 0 aromatic heterocycles. The van der Waals surface area contributed by atoms with Crippen molar-refractivity contribution in [2.45, 2.75) is 129 Å². The van der Waals surface area contributed by atoms with Crippen LogP contribution in [0.1, 0.15) is 107 Å². The largest absolute Gasteiger partial charge is 0.487 e. The van der Waals surface area contributed by atoms with Crippen molar-refractivity contribution in [1.82, 2.24) is 10.2 Å². The number of hydrogen-bond acceptors (Lipinski definition) is 8. The fourth-order valence-corrected chi connectivity index (χ4v) is 7.95. The van der Waals surface area contributed by atoms with Gasteiger partial charge in [0.15, 0.2) is 5.78 Å². The zero-order valence-corrected chi connectivity index (χ0v) is 32.8. The number of sulfonamides is 1. The molecule has 1 saturated heterocycles. The Bertz CT molecular complexity index is 1660. The van der Waals surface area contributed by atoms with Gasteiger partial charge in [0.05, 0.1) is 10.9 Å². The van der Waals surface area contributed by atoms with Crippen LogP contribution in [0.4, 0.5) is 4.79 Å². The average Bonchev–Trinajstić information content (AvgIpc) is 3.78. The Labute approximate surface area is 309 Å². The molecule has 288 valence electrons. The third-order valence-electron chi connectivity index (χ3n) is 9.25. The van der Waals surface area contributed by atoms with Gasteiger partial charge in [0.1, 0.15) is 23.8 Å². The molecule has 2 aliphatic rings. The molecule has 1 atom stereocenters. The fourth-order valence-electron chi connectivity index (χ4n) is 6.41. The van der Waals surface area contributed by atoms with Gasteiger partial charge in [-0.05, 0) is 95.9 Å². The molecular weight excluding hydrogens is 685 g/mol. The Morgan fingerprint density at radius 1 is 1.00 bits per heavy atom. The van der Waals surface area contributed by atoms with Crippen molar-refractivity contribution in [3.05, 3.63) is 58.1 Å². The number of unbranched alkanes of at least 4 members (excludes halogenated alkanes) is 1. The minimum atomic E-state index is -4.07. The van der Waals surface area contributed by atoms with Crippen LogP contribution in [0.25, 0.3) is 0 Å². The summed E-state index contributed by atoms with van der Waals surface area (Å²) in [5.41, 5.74) is 9.46. The van der Waals surface area contributed by atoms with Crippen molar-refractivity contribution in [2.75, 3.05) is 26.3 Å². The molecule has 0 aliphatic carbocycles. The van der Waals surface area contributed by atoms with Gasteiger partial charge in [-0.1, -0.05) is 36.8 Å². The topological polar surface area (TPSA) is 167 Å². The Balaban J connectivity index is 0.00000134. The lowest BCUT2D eigenvalue weighted by Crippen LogP contribution is -2.40. The van der Waals surface area contributed by atoms with Crippen LogP contribution in [0.5, 0.6) is 5.75 Å². The normalized spacial score (nSPS) is 15.5. The first-order valence-electron chi connectivity index (χ1n) is 18.3. The molecule has 2 aliphatic heterocycles. The number of nitrogens with two attached hydrogens (primary N) is 1. The average molecular weight is 743 g/mol.